The van der Waals surface area contributed by atoms with Gasteiger partial charge in [-0.25, -0.2) is 5.01 Å². The predicted molar refractivity (Wildman–Crippen MR) is 101 cm³/mol. The van der Waals surface area contributed by atoms with E-state index in [4.69, 9.17) is 0 Å². The quantitative estimate of drug-likeness (QED) is 0.670. The molecule has 3 N–H and O–H groups in total. The van der Waals surface area contributed by atoms with E-state index in [0.717, 1.165) is 0 Å². The van der Waals surface area contributed by atoms with Gasteiger partial charge in [-0.15, -0.1) is 0 Å². The van der Waals surface area contributed by atoms with Crippen LogP contribution in [-0.4, -0.2) is 21.9 Å². The summed E-state index contributed by atoms with van der Waals surface area (Å²) in [6.07, 6.45) is -0.660. The zero-order chi connectivity index (χ0) is 18.8. The molecule has 0 aromatic heterocycles. The Kier molecular flexibility index (Phi) is 4.22. The number of aromatic hydroxyl groups is 1. The van der Waals surface area contributed by atoms with E-state index in [0.29, 0.717) is 22.4 Å². The van der Waals surface area contributed by atoms with Gasteiger partial charge < -0.3 is 10.4 Å². The summed E-state index contributed by atoms with van der Waals surface area (Å²) in [4.78, 5) is 25.7. The molecule has 1 heterocycles. The van der Waals surface area contributed by atoms with Crippen molar-refractivity contribution in [2.24, 2.45) is 0 Å². The number of nitrogens with one attached hydrogen (secondary N) is 2. The molecule has 1 aliphatic heterocycles. The fourth-order valence-corrected chi connectivity index (χ4v) is 3.06. The van der Waals surface area contributed by atoms with Gasteiger partial charge in [0.2, 0.25) is 0 Å². The molecule has 6 nitrogen and oxygen atoms in total. The van der Waals surface area contributed by atoms with E-state index in [-0.39, 0.29) is 11.7 Å². The van der Waals surface area contributed by atoms with Crippen LogP contribution in [0.1, 0.15) is 32.4 Å². The number of phenolic OH excluding ortho intramolecular Hbond substituents is 1. The van der Waals surface area contributed by atoms with Crippen LogP contribution in [0.15, 0.2) is 78.9 Å². The Morgan fingerprint density at radius 3 is 2.48 bits per heavy atom. The number of hydrazine groups is 1. The molecule has 2 amide bonds. The summed E-state index contributed by atoms with van der Waals surface area (Å²) >= 11 is 0. The maximum atomic E-state index is 13.1. The Morgan fingerprint density at radius 1 is 0.963 bits per heavy atom. The third-order valence-electron chi connectivity index (χ3n) is 4.37. The molecule has 0 saturated carbocycles. The molecule has 134 valence electrons. The second kappa shape index (κ2) is 6.84. The minimum absolute atomic E-state index is 0.0787. The zero-order valence-corrected chi connectivity index (χ0v) is 14.3. The lowest BCUT2D eigenvalue weighted by Crippen LogP contribution is -2.52. The first-order valence-electron chi connectivity index (χ1n) is 8.47. The van der Waals surface area contributed by atoms with Crippen molar-refractivity contribution in [3.63, 3.8) is 0 Å². The fourth-order valence-electron chi connectivity index (χ4n) is 3.06. The number of rotatable bonds is 3. The van der Waals surface area contributed by atoms with Crippen molar-refractivity contribution >= 4 is 17.5 Å². The number of anilines is 1. The molecule has 3 aromatic carbocycles. The molecular weight excluding hydrogens is 342 g/mol. The summed E-state index contributed by atoms with van der Waals surface area (Å²) in [7, 11) is 0. The summed E-state index contributed by atoms with van der Waals surface area (Å²) in [6, 6.07) is 22.4. The van der Waals surface area contributed by atoms with Crippen LogP contribution >= 0.6 is 0 Å². The summed E-state index contributed by atoms with van der Waals surface area (Å²) in [5, 5.41) is 14.3. The first kappa shape index (κ1) is 16.7. The second-order valence-electron chi connectivity index (χ2n) is 6.17. The topological polar surface area (TPSA) is 81.7 Å². The second-order valence-corrected chi connectivity index (χ2v) is 6.17. The number of para-hydroxylation sites is 1. The van der Waals surface area contributed by atoms with E-state index < -0.39 is 12.1 Å². The van der Waals surface area contributed by atoms with Gasteiger partial charge in [0.05, 0.1) is 5.56 Å². The smallest absolute Gasteiger partial charge is 0.276 e. The molecular formula is C21H17N3O3. The molecule has 1 unspecified atom stereocenters. The number of hydrogen-bond acceptors (Lipinski definition) is 4. The molecule has 0 radical (unpaired) electrons. The first-order valence-corrected chi connectivity index (χ1v) is 8.47. The summed E-state index contributed by atoms with van der Waals surface area (Å²) in [6.45, 7) is 0. The third kappa shape index (κ3) is 3.20. The van der Waals surface area contributed by atoms with E-state index in [1.807, 2.05) is 12.1 Å². The van der Waals surface area contributed by atoms with Crippen LogP contribution in [0.3, 0.4) is 0 Å². The minimum Gasteiger partial charge on any atom is -0.508 e. The van der Waals surface area contributed by atoms with E-state index in [2.05, 4.69) is 10.7 Å². The average Bonchev–Trinajstić information content (AvgIpc) is 2.70. The van der Waals surface area contributed by atoms with Crippen molar-refractivity contribution in [2.45, 2.75) is 6.17 Å². The van der Waals surface area contributed by atoms with Crippen LogP contribution in [0.5, 0.6) is 5.75 Å². The van der Waals surface area contributed by atoms with E-state index in [1.165, 1.54) is 5.01 Å². The van der Waals surface area contributed by atoms with Gasteiger partial charge in [0.25, 0.3) is 11.8 Å². The maximum Gasteiger partial charge on any atom is 0.276 e. The van der Waals surface area contributed by atoms with Gasteiger partial charge in [-0.2, -0.15) is 0 Å². The maximum absolute atomic E-state index is 13.1. The number of hydrogen-bond donors (Lipinski definition) is 3. The Morgan fingerprint density at radius 2 is 1.70 bits per heavy atom. The van der Waals surface area contributed by atoms with Gasteiger partial charge in [-0.05, 0) is 36.4 Å². The molecule has 4 rings (SSSR count). The first-order chi connectivity index (χ1) is 13.1. The Balaban J connectivity index is 1.73. The number of carbonyl (C=O) groups excluding carboxylic acids is 2. The van der Waals surface area contributed by atoms with Gasteiger partial charge in [-0.3, -0.25) is 15.0 Å². The van der Waals surface area contributed by atoms with Gasteiger partial charge in [0.1, 0.15) is 11.9 Å². The van der Waals surface area contributed by atoms with Crippen LogP contribution < -0.4 is 10.7 Å². The normalized spacial score (nSPS) is 15.6. The molecule has 6 heteroatoms. The van der Waals surface area contributed by atoms with Crippen LogP contribution in [0.2, 0.25) is 0 Å². The summed E-state index contributed by atoms with van der Waals surface area (Å²) < 4.78 is 0. The zero-order valence-electron chi connectivity index (χ0n) is 14.3. The van der Waals surface area contributed by atoms with Crippen LogP contribution in [0.25, 0.3) is 0 Å². The highest BCUT2D eigenvalue weighted by molar-refractivity contribution is 6.03. The molecule has 1 atom stereocenters. The summed E-state index contributed by atoms with van der Waals surface area (Å²) in [5.41, 5.74) is 4.91. The lowest BCUT2D eigenvalue weighted by Gasteiger charge is -2.37. The van der Waals surface area contributed by atoms with Crippen molar-refractivity contribution < 1.29 is 14.7 Å². The highest BCUT2D eigenvalue weighted by Gasteiger charge is 2.34. The molecule has 27 heavy (non-hydrogen) atoms. The highest BCUT2D eigenvalue weighted by Crippen LogP contribution is 2.32. The van der Waals surface area contributed by atoms with Crippen LogP contribution in [0.4, 0.5) is 5.69 Å². The molecule has 0 aliphatic carbocycles. The fraction of sp³-hybridized carbons (Fsp3) is 0.0476. The number of carbonyl (C=O) groups is 2. The van der Waals surface area contributed by atoms with Crippen LogP contribution in [0, 0.1) is 0 Å². The van der Waals surface area contributed by atoms with E-state index in [1.54, 1.807) is 66.7 Å². The Hall–Kier alpha value is -3.80. The van der Waals surface area contributed by atoms with Gasteiger partial charge >= 0.3 is 0 Å². The molecule has 3 aromatic rings. The average molecular weight is 359 g/mol. The Bertz CT molecular complexity index is 1000. The highest BCUT2D eigenvalue weighted by atomic mass is 16.3. The van der Waals surface area contributed by atoms with E-state index >= 15 is 0 Å². The van der Waals surface area contributed by atoms with Crippen molar-refractivity contribution in [2.75, 3.05) is 5.32 Å². The number of phenols is 1. The lowest BCUT2D eigenvalue weighted by atomic mass is 10.0. The van der Waals surface area contributed by atoms with Crippen molar-refractivity contribution in [3.05, 3.63) is 95.6 Å². The predicted octanol–water partition coefficient (Wildman–Crippen LogP) is 3.30. The number of amides is 2. The monoisotopic (exact) mass is 359 g/mol. The summed E-state index contributed by atoms with van der Waals surface area (Å²) in [5.74, 6) is -0.646. The largest absolute Gasteiger partial charge is 0.508 e. The van der Waals surface area contributed by atoms with Gasteiger partial charge in [0, 0.05) is 16.8 Å². The molecule has 0 fully saturated rings. The van der Waals surface area contributed by atoms with Crippen molar-refractivity contribution in [1.29, 1.82) is 0 Å². The molecule has 0 saturated heterocycles. The van der Waals surface area contributed by atoms with Crippen molar-refractivity contribution in [1.82, 2.24) is 10.4 Å². The van der Waals surface area contributed by atoms with Gasteiger partial charge in [0.15, 0.2) is 0 Å². The van der Waals surface area contributed by atoms with Crippen LogP contribution in [-0.2, 0) is 0 Å². The third-order valence-corrected chi connectivity index (χ3v) is 4.37. The lowest BCUT2D eigenvalue weighted by molar-refractivity contribution is 0.0490. The van der Waals surface area contributed by atoms with E-state index in [9.17, 15) is 14.7 Å². The molecule has 1 aliphatic rings. The molecule has 0 spiro atoms. The number of fused-ring (bicyclic) bond motifs is 1. The molecule has 0 bridgehead atoms. The van der Waals surface area contributed by atoms with Gasteiger partial charge in [-0.1, -0.05) is 42.5 Å². The standard InChI is InChI=1S/C21H17N3O3/c25-16-10-6-9-15(13-16)19-22-18-12-5-4-11-17(18)21(27)24(19)23-20(26)14-7-2-1-3-8-14/h1-13,19,22,25H,(H,23,26). The SMILES string of the molecule is O=C(NN1C(=O)c2ccccc2NC1c1cccc(O)c1)c1ccccc1. The Labute approximate surface area is 156 Å². The number of benzene rings is 3. The minimum atomic E-state index is -0.660. The van der Waals surface area contributed by atoms with Crippen molar-refractivity contribution in [3.8, 4) is 5.75 Å². The number of nitrogens with zero attached hydrogens (tertiary/aromatic N) is 1.